The second-order valence-corrected chi connectivity index (χ2v) is 11.1. The fraction of sp³-hybridized carbons (Fsp3) is 0.281. The van der Waals surface area contributed by atoms with Gasteiger partial charge < -0.3 is 19.8 Å². The van der Waals surface area contributed by atoms with Gasteiger partial charge in [-0.05, 0) is 74.4 Å². The Morgan fingerprint density at radius 3 is 2.31 bits per heavy atom. The van der Waals surface area contributed by atoms with Crippen molar-refractivity contribution in [2.45, 2.75) is 20.8 Å². The van der Waals surface area contributed by atoms with Crippen LogP contribution in [0.2, 0.25) is 0 Å². The molecule has 1 amide bonds. The Labute approximate surface area is 242 Å². The molecule has 1 aliphatic rings. The van der Waals surface area contributed by atoms with Gasteiger partial charge in [-0.1, -0.05) is 12.1 Å². The van der Waals surface area contributed by atoms with Crippen molar-refractivity contribution in [1.82, 2.24) is 10.0 Å². The molecule has 0 atom stereocenters. The summed E-state index contributed by atoms with van der Waals surface area (Å²) in [7, 11) is 1.47. The molecular weight excluding hydrogens is 542 g/mol. The number of hydrogen-bond acceptors (Lipinski definition) is 7. The fourth-order valence-electron chi connectivity index (χ4n) is 4.71. The number of carbonyl (C=O) groups excluding carboxylic acids is 2. The molecule has 2 heterocycles. The van der Waals surface area contributed by atoms with E-state index in [0.717, 1.165) is 39.8 Å². The number of halogens is 2. The number of nitrogens with one attached hydrogen (secondary N) is 1. The Balaban J connectivity index is 1.40. The summed E-state index contributed by atoms with van der Waals surface area (Å²) in [6.45, 7) is 7.97. The van der Waals surface area contributed by atoms with Crippen molar-refractivity contribution < 1.29 is 27.9 Å². The van der Waals surface area contributed by atoms with E-state index in [-0.39, 0.29) is 11.5 Å². The van der Waals surface area contributed by atoms with Crippen molar-refractivity contribution in [3.05, 3.63) is 84.1 Å². The molecule has 1 saturated heterocycles. The SMILES string of the molecule is COc1ccc(-c2ccc3nccc(N4CCN(OC(=O)C(C)(C)C)CC4)c3c2)cc1NC(=O)c1ccc(F)cc1F. The molecule has 10 heteroatoms. The average Bonchev–Trinajstić information content (AvgIpc) is 2.96. The first kappa shape index (κ1) is 28.9. The van der Waals surface area contributed by atoms with E-state index in [1.165, 1.54) is 7.11 Å². The summed E-state index contributed by atoms with van der Waals surface area (Å²) in [5.41, 5.74) is 3.00. The summed E-state index contributed by atoms with van der Waals surface area (Å²) >= 11 is 0. The number of fused-ring (bicyclic) bond motifs is 1. The number of pyridine rings is 1. The van der Waals surface area contributed by atoms with Crippen LogP contribution in [0.25, 0.3) is 22.0 Å². The van der Waals surface area contributed by atoms with E-state index in [1.807, 2.05) is 51.1 Å². The summed E-state index contributed by atoms with van der Waals surface area (Å²) in [6, 6.07) is 16.0. The third-order valence-corrected chi connectivity index (χ3v) is 7.08. The second-order valence-electron chi connectivity index (χ2n) is 11.1. The minimum atomic E-state index is -0.953. The van der Waals surface area contributed by atoms with E-state index < -0.39 is 23.0 Å². The monoisotopic (exact) mass is 574 g/mol. The molecule has 0 saturated carbocycles. The lowest BCUT2D eigenvalue weighted by Crippen LogP contribution is -2.48. The number of anilines is 2. The lowest BCUT2D eigenvalue weighted by Gasteiger charge is -2.36. The normalized spacial score (nSPS) is 14.1. The van der Waals surface area contributed by atoms with Crippen molar-refractivity contribution >= 4 is 34.2 Å². The Bertz CT molecular complexity index is 1650. The number of benzene rings is 3. The van der Waals surface area contributed by atoms with E-state index in [0.29, 0.717) is 43.7 Å². The van der Waals surface area contributed by atoms with Gasteiger partial charge >= 0.3 is 5.97 Å². The van der Waals surface area contributed by atoms with Gasteiger partial charge in [-0.15, -0.1) is 5.06 Å². The first-order valence-electron chi connectivity index (χ1n) is 13.6. The van der Waals surface area contributed by atoms with Crippen LogP contribution in [0, 0.1) is 17.0 Å². The Morgan fingerprint density at radius 1 is 0.905 bits per heavy atom. The second kappa shape index (κ2) is 11.7. The fourth-order valence-corrected chi connectivity index (χ4v) is 4.71. The zero-order valence-electron chi connectivity index (χ0n) is 23.9. The van der Waals surface area contributed by atoms with Gasteiger partial charge in [-0.25, -0.2) is 13.6 Å². The van der Waals surface area contributed by atoms with Gasteiger partial charge in [0.05, 0.1) is 42.4 Å². The van der Waals surface area contributed by atoms with Crippen molar-refractivity contribution in [2.75, 3.05) is 43.5 Å². The Kier molecular flexibility index (Phi) is 8.08. The maximum atomic E-state index is 14.2. The molecule has 8 nitrogen and oxygen atoms in total. The number of hydroxylamine groups is 2. The Hall–Kier alpha value is -4.57. The minimum Gasteiger partial charge on any atom is -0.495 e. The van der Waals surface area contributed by atoms with E-state index in [4.69, 9.17) is 9.57 Å². The number of piperazine rings is 1. The Morgan fingerprint density at radius 2 is 1.62 bits per heavy atom. The number of aromatic nitrogens is 1. The van der Waals surface area contributed by atoms with Crippen LogP contribution in [0.3, 0.4) is 0 Å². The molecule has 1 fully saturated rings. The third-order valence-electron chi connectivity index (χ3n) is 7.08. The predicted octanol–water partition coefficient (Wildman–Crippen LogP) is 6.07. The van der Waals surface area contributed by atoms with Crippen LogP contribution in [0.1, 0.15) is 31.1 Å². The van der Waals surface area contributed by atoms with Crippen molar-refractivity contribution in [2.24, 2.45) is 5.41 Å². The smallest absolute Gasteiger partial charge is 0.330 e. The minimum absolute atomic E-state index is 0.257. The maximum Gasteiger partial charge on any atom is 0.330 e. The molecular formula is C32H32F2N4O4. The molecule has 42 heavy (non-hydrogen) atoms. The van der Waals surface area contributed by atoms with E-state index >= 15 is 0 Å². The van der Waals surface area contributed by atoms with Crippen LogP contribution in [0.4, 0.5) is 20.2 Å². The third kappa shape index (κ3) is 6.18. The predicted molar refractivity (Wildman–Crippen MR) is 157 cm³/mol. The van der Waals surface area contributed by atoms with E-state index in [2.05, 4.69) is 15.2 Å². The maximum absolute atomic E-state index is 14.2. The van der Waals surface area contributed by atoms with Crippen LogP contribution >= 0.6 is 0 Å². The molecule has 218 valence electrons. The van der Waals surface area contributed by atoms with Gasteiger partial charge in [0.1, 0.15) is 17.4 Å². The first-order valence-corrected chi connectivity index (χ1v) is 13.6. The van der Waals surface area contributed by atoms with E-state index in [1.54, 1.807) is 23.4 Å². The molecule has 5 rings (SSSR count). The molecule has 4 aromatic rings. The number of rotatable bonds is 6. The number of ether oxygens (including phenoxy) is 1. The summed E-state index contributed by atoms with van der Waals surface area (Å²) in [5, 5.41) is 5.35. The molecule has 0 radical (unpaired) electrons. The lowest BCUT2D eigenvalue weighted by molar-refractivity contribution is -0.201. The van der Waals surface area contributed by atoms with Crippen LogP contribution in [0.15, 0.2) is 66.9 Å². The zero-order chi connectivity index (χ0) is 30.0. The summed E-state index contributed by atoms with van der Waals surface area (Å²) in [5.74, 6) is -2.30. The number of nitrogens with zero attached hydrogens (tertiary/aromatic N) is 3. The number of carbonyl (C=O) groups is 2. The zero-order valence-corrected chi connectivity index (χ0v) is 23.9. The quantitative estimate of drug-likeness (QED) is 0.299. The number of hydrogen-bond donors (Lipinski definition) is 1. The van der Waals surface area contributed by atoms with Gasteiger partial charge in [0, 0.05) is 36.4 Å². The van der Waals surface area contributed by atoms with Gasteiger partial charge in [0.2, 0.25) is 0 Å². The van der Waals surface area contributed by atoms with Gasteiger partial charge in [0.15, 0.2) is 0 Å². The highest BCUT2D eigenvalue weighted by Gasteiger charge is 2.28. The largest absolute Gasteiger partial charge is 0.495 e. The van der Waals surface area contributed by atoms with Crippen molar-refractivity contribution in [3.8, 4) is 16.9 Å². The first-order chi connectivity index (χ1) is 20.0. The molecule has 1 aromatic heterocycles. The molecule has 1 N–H and O–H groups in total. The molecule has 0 spiro atoms. The summed E-state index contributed by atoms with van der Waals surface area (Å²) in [6.07, 6.45) is 1.78. The van der Waals surface area contributed by atoms with Crippen molar-refractivity contribution in [3.63, 3.8) is 0 Å². The van der Waals surface area contributed by atoms with Crippen LogP contribution in [0.5, 0.6) is 5.75 Å². The molecule has 0 bridgehead atoms. The van der Waals surface area contributed by atoms with Crippen LogP contribution in [-0.2, 0) is 9.63 Å². The van der Waals surface area contributed by atoms with Crippen LogP contribution < -0.4 is 15.0 Å². The van der Waals surface area contributed by atoms with Gasteiger partial charge in [-0.3, -0.25) is 9.78 Å². The molecule has 1 aliphatic heterocycles. The standard InChI is InChI=1S/C32H32F2N4O4/c1-32(2,3)31(40)42-38-15-13-37(14-16-38)28-11-12-35-26-9-5-20(17-24(26)28)21-6-10-29(41-4)27(18-21)36-30(39)23-8-7-22(33)19-25(23)34/h5-12,17-19H,13-16H2,1-4H3,(H,36,39). The van der Waals surface area contributed by atoms with Gasteiger partial charge in [0.25, 0.3) is 5.91 Å². The topological polar surface area (TPSA) is 84.0 Å². The number of methoxy groups -OCH3 is 1. The summed E-state index contributed by atoms with van der Waals surface area (Å²) in [4.78, 5) is 37.5. The highest BCUT2D eigenvalue weighted by molar-refractivity contribution is 6.05. The summed E-state index contributed by atoms with van der Waals surface area (Å²) < 4.78 is 33.0. The highest BCUT2D eigenvalue weighted by atomic mass is 19.1. The molecule has 0 unspecified atom stereocenters. The molecule has 0 aliphatic carbocycles. The average molecular weight is 575 g/mol. The number of amides is 1. The molecule has 3 aromatic carbocycles. The van der Waals surface area contributed by atoms with Crippen molar-refractivity contribution in [1.29, 1.82) is 0 Å². The highest BCUT2D eigenvalue weighted by Crippen LogP contribution is 2.35. The van der Waals surface area contributed by atoms with Crippen LogP contribution in [-0.4, -0.2) is 55.2 Å². The van der Waals surface area contributed by atoms with E-state index in [9.17, 15) is 18.4 Å². The van der Waals surface area contributed by atoms with Gasteiger partial charge in [-0.2, -0.15) is 0 Å². The lowest BCUT2D eigenvalue weighted by atomic mass is 9.98.